The molecule has 3 amide bonds. The Morgan fingerprint density at radius 3 is 2.76 bits per heavy atom. The quantitative estimate of drug-likeness (QED) is 0.724. The summed E-state index contributed by atoms with van der Waals surface area (Å²) in [6, 6.07) is 5.19. The van der Waals surface area contributed by atoms with Gasteiger partial charge in [-0.3, -0.25) is 24.6 Å². The molecule has 2 saturated heterocycles. The maximum atomic E-state index is 13.1. The predicted molar refractivity (Wildman–Crippen MR) is 92.6 cm³/mol. The van der Waals surface area contributed by atoms with Crippen molar-refractivity contribution >= 4 is 39.3 Å². The van der Waals surface area contributed by atoms with E-state index >= 15 is 0 Å². The van der Waals surface area contributed by atoms with Gasteiger partial charge in [-0.15, -0.1) is 0 Å². The van der Waals surface area contributed by atoms with Gasteiger partial charge in [0.2, 0.25) is 17.7 Å². The molecule has 25 heavy (non-hydrogen) atoms. The molecule has 1 aromatic rings. The zero-order valence-corrected chi connectivity index (χ0v) is 15.4. The van der Waals surface area contributed by atoms with E-state index in [2.05, 4.69) is 26.6 Å². The van der Waals surface area contributed by atoms with Crippen LogP contribution in [0, 0.1) is 11.8 Å². The highest BCUT2D eigenvalue weighted by Gasteiger charge is 2.69. The number of nitrogens with one attached hydrogen (secondary N) is 2. The van der Waals surface area contributed by atoms with Gasteiger partial charge in [-0.1, -0.05) is 15.9 Å². The van der Waals surface area contributed by atoms with Crippen molar-refractivity contribution in [2.24, 2.45) is 11.8 Å². The summed E-state index contributed by atoms with van der Waals surface area (Å²) >= 11 is 3.43. The molecular formula is C17H18BrN3O4. The first kappa shape index (κ1) is 16.7. The molecule has 0 radical (unpaired) electrons. The first-order chi connectivity index (χ1) is 11.9. The monoisotopic (exact) mass is 407 g/mol. The Labute approximate surface area is 153 Å². The van der Waals surface area contributed by atoms with Gasteiger partial charge in [0.05, 0.1) is 25.0 Å². The third-order valence-electron chi connectivity index (χ3n) is 5.43. The highest BCUT2D eigenvalue weighted by Crippen LogP contribution is 2.53. The highest BCUT2D eigenvalue weighted by molar-refractivity contribution is 9.10. The summed E-state index contributed by atoms with van der Waals surface area (Å²) in [5.41, 5.74) is 0.169. The number of hydrogen-bond acceptors (Lipinski definition) is 5. The first-order valence-electron chi connectivity index (χ1n) is 8.15. The third-order valence-corrected chi connectivity index (χ3v) is 5.93. The fourth-order valence-electron chi connectivity index (χ4n) is 4.40. The molecule has 7 nitrogen and oxygen atoms in total. The fourth-order valence-corrected chi connectivity index (χ4v) is 4.76. The SMILES string of the molecule is COCCN1C(=O)[C@@H]2[C@H](C)N[C@@]3(C(=O)Nc4ccc(Br)cc43)[C@@H]2C1=O. The smallest absolute Gasteiger partial charge is 0.250 e. The van der Waals surface area contributed by atoms with Gasteiger partial charge in [-0.25, -0.2) is 0 Å². The molecule has 0 aliphatic carbocycles. The number of nitrogens with zero attached hydrogens (tertiary/aromatic N) is 1. The number of carbonyl (C=O) groups is 3. The lowest BCUT2D eigenvalue weighted by Gasteiger charge is -2.29. The van der Waals surface area contributed by atoms with E-state index < -0.39 is 17.4 Å². The number of hydrogen-bond donors (Lipinski definition) is 2. The van der Waals surface area contributed by atoms with Gasteiger partial charge in [0.1, 0.15) is 5.54 Å². The van der Waals surface area contributed by atoms with Crippen LogP contribution in [0.4, 0.5) is 5.69 Å². The van der Waals surface area contributed by atoms with Crippen LogP contribution in [0.1, 0.15) is 12.5 Å². The van der Waals surface area contributed by atoms with E-state index in [-0.39, 0.29) is 36.9 Å². The van der Waals surface area contributed by atoms with Gasteiger partial charge in [0.15, 0.2) is 0 Å². The number of amides is 3. The van der Waals surface area contributed by atoms with Crippen LogP contribution in [-0.2, 0) is 24.7 Å². The van der Waals surface area contributed by atoms with Crippen molar-refractivity contribution in [2.45, 2.75) is 18.5 Å². The van der Waals surface area contributed by atoms with Gasteiger partial charge in [0, 0.05) is 28.9 Å². The predicted octanol–water partition coefficient (Wildman–Crippen LogP) is 0.836. The van der Waals surface area contributed by atoms with E-state index in [9.17, 15) is 14.4 Å². The van der Waals surface area contributed by atoms with Crippen molar-refractivity contribution < 1.29 is 19.1 Å². The molecule has 1 spiro atoms. The zero-order valence-electron chi connectivity index (χ0n) is 13.8. The molecule has 4 rings (SSSR count). The Kier molecular flexibility index (Phi) is 3.75. The molecule has 0 saturated carbocycles. The standard InChI is InChI=1S/C17H18BrN3O4/c1-8-12-13(15(23)21(14(12)22)5-6-25-2)17(20-8)10-7-9(18)3-4-11(10)19-16(17)24/h3-4,7-8,12-13,20H,5-6H2,1-2H3,(H,19,24)/t8-,12+,13-,17+/m0/s1. The van der Waals surface area contributed by atoms with Gasteiger partial charge in [0.25, 0.3) is 0 Å². The Bertz CT molecular complexity index is 798. The molecule has 0 aromatic heterocycles. The van der Waals surface area contributed by atoms with E-state index in [0.29, 0.717) is 11.3 Å². The average molecular weight is 408 g/mol. The molecule has 1 aromatic carbocycles. The van der Waals surface area contributed by atoms with Gasteiger partial charge in [-0.2, -0.15) is 0 Å². The van der Waals surface area contributed by atoms with Crippen molar-refractivity contribution in [1.29, 1.82) is 0 Å². The van der Waals surface area contributed by atoms with Gasteiger partial charge < -0.3 is 10.1 Å². The fraction of sp³-hybridized carbons (Fsp3) is 0.471. The topological polar surface area (TPSA) is 87.7 Å². The maximum Gasteiger partial charge on any atom is 0.250 e. The Hall–Kier alpha value is -1.77. The lowest BCUT2D eigenvalue weighted by molar-refractivity contribution is -0.143. The summed E-state index contributed by atoms with van der Waals surface area (Å²) in [5, 5.41) is 6.12. The first-order valence-corrected chi connectivity index (χ1v) is 8.94. The van der Waals surface area contributed by atoms with Crippen LogP contribution in [-0.4, -0.2) is 48.9 Å². The van der Waals surface area contributed by atoms with Crippen molar-refractivity contribution in [3.63, 3.8) is 0 Å². The summed E-state index contributed by atoms with van der Waals surface area (Å²) in [5.74, 6) is -2.14. The van der Waals surface area contributed by atoms with E-state index in [1.54, 1.807) is 6.07 Å². The minimum atomic E-state index is -1.21. The van der Waals surface area contributed by atoms with E-state index in [1.165, 1.54) is 12.0 Å². The summed E-state index contributed by atoms with van der Waals surface area (Å²) in [6.45, 7) is 2.33. The van der Waals surface area contributed by atoms with E-state index in [0.717, 1.165) is 4.47 Å². The number of fused-ring (bicyclic) bond motifs is 4. The second kappa shape index (κ2) is 5.62. The number of benzene rings is 1. The van der Waals surface area contributed by atoms with Crippen LogP contribution < -0.4 is 10.6 Å². The second-order valence-corrected chi connectivity index (χ2v) is 7.63. The maximum absolute atomic E-state index is 13.1. The molecule has 3 heterocycles. The average Bonchev–Trinajstić information content (AvgIpc) is 3.12. The van der Waals surface area contributed by atoms with Crippen LogP contribution in [0.15, 0.2) is 22.7 Å². The van der Waals surface area contributed by atoms with Crippen LogP contribution in [0.5, 0.6) is 0 Å². The van der Waals surface area contributed by atoms with Crippen LogP contribution in [0.3, 0.4) is 0 Å². The number of methoxy groups -OCH3 is 1. The summed E-state index contributed by atoms with van der Waals surface area (Å²) in [4.78, 5) is 40.0. The number of anilines is 1. The molecule has 0 unspecified atom stereocenters. The van der Waals surface area contributed by atoms with Crippen LogP contribution in [0.2, 0.25) is 0 Å². The summed E-state index contributed by atoms with van der Waals surface area (Å²) in [7, 11) is 1.52. The molecule has 3 aliphatic heterocycles. The van der Waals surface area contributed by atoms with E-state index in [1.807, 2.05) is 19.1 Å². The Morgan fingerprint density at radius 1 is 1.28 bits per heavy atom. The molecule has 4 atom stereocenters. The minimum Gasteiger partial charge on any atom is -0.383 e. The molecule has 8 heteroatoms. The number of carbonyl (C=O) groups excluding carboxylic acids is 3. The molecule has 0 bridgehead atoms. The zero-order chi connectivity index (χ0) is 17.9. The lowest BCUT2D eigenvalue weighted by Crippen LogP contribution is -2.53. The second-order valence-electron chi connectivity index (χ2n) is 6.71. The highest BCUT2D eigenvalue weighted by atomic mass is 79.9. The molecular weight excluding hydrogens is 390 g/mol. The van der Waals surface area contributed by atoms with Crippen molar-refractivity contribution in [3.05, 3.63) is 28.2 Å². The Balaban J connectivity index is 1.83. The molecule has 2 N–H and O–H groups in total. The van der Waals surface area contributed by atoms with Gasteiger partial charge >= 0.3 is 0 Å². The van der Waals surface area contributed by atoms with Crippen LogP contribution >= 0.6 is 15.9 Å². The summed E-state index contributed by atoms with van der Waals surface area (Å²) in [6.07, 6.45) is 0. The number of halogens is 1. The number of likely N-dealkylation sites (tertiary alicyclic amines) is 1. The summed E-state index contributed by atoms with van der Waals surface area (Å²) < 4.78 is 5.83. The van der Waals surface area contributed by atoms with Crippen molar-refractivity contribution in [2.75, 3.05) is 25.6 Å². The molecule has 132 valence electrons. The lowest BCUT2D eigenvalue weighted by atomic mass is 9.76. The van der Waals surface area contributed by atoms with Gasteiger partial charge in [-0.05, 0) is 25.1 Å². The normalized spacial score (nSPS) is 33.2. The van der Waals surface area contributed by atoms with Crippen molar-refractivity contribution in [1.82, 2.24) is 10.2 Å². The molecule has 3 aliphatic rings. The molecule has 2 fully saturated rings. The number of imide groups is 1. The van der Waals surface area contributed by atoms with Crippen molar-refractivity contribution in [3.8, 4) is 0 Å². The number of ether oxygens (including phenoxy) is 1. The third kappa shape index (κ3) is 2.07. The largest absolute Gasteiger partial charge is 0.383 e. The number of rotatable bonds is 3. The van der Waals surface area contributed by atoms with Crippen LogP contribution in [0.25, 0.3) is 0 Å². The minimum absolute atomic E-state index is 0.205. The van der Waals surface area contributed by atoms with E-state index in [4.69, 9.17) is 4.74 Å². The Morgan fingerprint density at radius 2 is 2.04 bits per heavy atom.